The molecule has 0 saturated carbocycles. The summed E-state index contributed by atoms with van der Waals surface area (Å²) in [6.07, 6.45) is 0.0104. The standard InChI is InChI=1S/C37H46N2O11/c1-7-9-11-13-24-15-17-28-26(19-24)35(43)39-34(38-28)27-20-25(14-12-10-8-2)16-18-29(27)49-37-33(48-23(5)42)31(47-22(4)41)30(46-21(3)40)32(50-37)36(44)45-6/h15-20,30-33,37H,7-14H2,1-6H3,(H,38,39,43)/t30-,31-,32-,33+,37+/m0/s1. The highest BCUT2D eigenvalue weighted by atomic mass is 16.7. The van der Waals surface area contributed by atoms with Crippen molar-refractivity contribution in [1.29, 1.82) is 0 Å². The molecule has 270 valence electrons. The van der Waals surface area contributed by atoms with Crippen molar-refractivity contribution in [3.8, 4) is 17.1 Å². The van der Waals surface area contributed by atoms with Crippen LogP contribution in [0.1, 0.15) is 84.3 Å². The van der Waals surface area contributed by atoms with E-state index in [9.17, 15) is 24.0 Å². The number of H-pyrrole nitrogens is 1. The molecule has 3 aromatic rings. The van der Waals surface area contributed by atoms with Gasteiger partial charge in [0.25, 0.3) is 5.56 Å². The van der Waals surface area contributed by atoms with E-state index in [1.807, 2.05) is 30.3 Å². The molecule has 1 fully saturated rings. The number of rotatable bonds is 15. The molecule has 13 nitrogen and oxygen atoms in total. The molecule has 0 spiro atoms. The lowest BCUT2D eigenvalue weighted by molar-refractivity contribution is -0.282. The van der Waals surface area contributed by atoms with E-state index in [-0.39, 0.29) is 17.1 Å². The lowest BCUT2D eigenvalue weighted by atomic mass is 9.97. The fourth-order valence-corrected chi connectivity index (χ4v) is 5.95. The van der Waals surface area contributed by atoms with Gasteiger partial charge in [-0.3, -0.25) is 19.2 Å². The third-order valence-electron chi connectivity index (χ3n) is 8.28. The minimum Gasteiger partial charge on any atom is -0.467 e. The molecule has 0 radical (unpaired) electrons. The molecular formula is C37H46N2O11. The van der Waals surface area contributed by atoms with Crippen LogP contribution in [0.2, 0.25) is 0 Å². The molecule has 1 aromatic heterocycles. The fourth-order valence-electron chi connectivity index (χ4n) is 5.95. The largest absolute Gasteiger partial charge is 0.467 e. The summed E-state index contributed by atoms with van der Waals surface area (Å²) >= 11 is 0. The maximum atomic E-state index is 13.5. The maximum Gasteiger partial charge on any atom is 0.339 e. The summed E-state index contributed by atoms with van der Waals surface area (Å²) in [5, 5.41) is 0.455. The first-order valence-electron chi connectivity index (χ1n) is 17.0. The van der Waals surface area contributed by atoms with E-state index in [1.165, 1.54) is 0 Å². The summed E-state index contributed by atoms with van der Waals surface area (Å²) in [5.41, 5.74) is 2.56. The number of unbranched alkanes of at least 4 members (excludes halogenated alkanes) is 4. The number of benzene rings is 2. The van der Waals surface area contributed by atoms with Gasteiger partial charge in [0.1, 0.15) is 11.6 Å². The number of carbonyl (C=O) groups is 4. The Hall–Kier alpha value is -4.78. The maximum absolute atomic E-state index is 13.5. The highest BCUT2D eigenvalue weighted by molar-refractivity contribution is 5.81. The van der Waals surface area contributed by atoms with Gasteiger partial charge in [0.05, 0.1) is 23.6 Å². The zero-order valence-corrected chi connectivity index (χ0v) is 29.4. The van der Waals surface area contributed by atoms with Crippen molar-refractivity contribution in [1.82, 2.24) is 9.97 Å². The number of ether oxygens (including phenoxy) is 6. The van der Waals surface area contributed by atoms with Crippen LogP contribution in [0.3, 0.4) is 0 Å². The van der Waals surface area contributed by atoms with Crippen molar-refractivity contribution in [2.75, 3.05) is 7.11 Å². The molecule has 2 aromatic carbocycles. The number of hydrogen-bond acceptors (Lipinski definition) is 12. The Morgan fingerprint density at radius 2 is 1.36 bits per heavy atom. The summed E-state index contributed by atoms with van der Waals surface area (Å²) < 4.78 is 33.6. The smallest absolute Gasteiger partial charge is 0.339 e. The molecule has 1 saturated heterocycles. The van der Waals surface area contributed by atoms with Gasteiger partial charge in [0.2, 0.25) is 12.4 Å². The molecule has 0 unspecified atom stereocenters. The van der Waals surface area contributed by atoms with Gasteiger partial charge in [0.15, 0.2) is 18.3 Å². The highest BCUT2D eigenvalue weighted by Gasteiger charge is 2.56. The van der Waals surface area contributed by atoms with Gasteiger partial charge in [-0.2, -0.15) is 0 Å². The summed E-state index contributed by atoms with van der Waals surface area (Å²) in [5.74, 6) is -3.00. The molecule has 13 heteroatoms. The Kier molecular flexibility index (Phi) is 13.5. The number of nitrogens with one attached hydrogen (secondary N) is 1. The zero-order valence-electron chi connectivity index (χ0n) is 29.4. The summed E-state index contributed by atoms with van der Waals surface area (Å²) in [4.78, 5) is 70.8. The van der Waals surface area contributed by atoms with Gasteiger partial charge in [-0.05, 0) is 61.1 Å². The number of carbonyl (C=O) groups excluding carboxylic acids is 4. The quantitative estimate of drug-likeness (QED) is 0.127. The fraction of sp³-hybridized carbons (Fsp3) is 0.514. The first-order chi connectivity index (χ1) is 23.9. The van der Waals surface area contributed by atoms with Crippen LogP contribution in [0.4, 0.5) is 0 Å². The monoisotopic (exact) mass is 694 g/mol. The van der Waals surface area contributed by atoms with Crippen LogP contribution in [-0.4, -0.2) is 71.7 Å². The van der Waals surface area contributed by atoms with Crippen LogP contribution < -0.4 is 10.3 Å². The Morgan fingerprint density at radius 3 is 1.96 bits per heavy atom. The molecule has 0 aliphatic carbocycles. The van der Waals surface area contributed by atoms with Crippen LogP contribution in [-0.2, 0) is 55.7 Å². The van der Waals surface area contributed by atoms with Crippen LogP contribution in [0.15, 0.2) is 41.2 Å². The van der Waals surface area contributed by atoms with E-state index < -0.39 is 54.6 Å². The van der Waals surface area contributed by atoms with Crippen LogP contribution in [0, 0.1) is 0 Å². The predicted octanol–water partition coefficient (Wildman–Crippen LogP) is 5.13. The number of methoxy groups -OCH3 is 1. The third kappa shape index (κ3) is 9.68. The summed E-state index contributed by atoms with van der Waals surface area (Å²) in [7, 11) is 1.11. The number of hydrogen-bond donors (Lipinski definition) is 1. The lowest BCUT2D eigenvalue weighted by Gasteiger charge is -2.43. The topological polar surface area (TPSA) is 169 Å². The van der Waals surface area contributed by atoms with Crippen molar-refractivity contribution >= 4 is 34.8 Å². The molecule has 5 atom stereocenters. The minimum absolute atomic E-state index is 0.154. The van der Waals surface area contributed by atoms with Gasteiger partial charge in [-0.25, -0.2) is 9.78 Å². The summed E-state index contributed by atoms with van der Waals surface area (Å²) in [6.45, 7) is 7.59. The number of nitrogens with zero attached hydrogens (tertiary/aromatic N) is 1. The van der Waals surface area contributed by atoms with E-state index in [2.05, 4.69) is 18.8 Å². The minimum atomic E-state index is -1.63. The Bertz CT molecular complexity index is 1740. The molecule has 1 aliphatic heterocycles. The first kappa shape index (κ1) is 38.0. The Morgan fingerprint density at radius 1 is 0.780 bits per heavy atom. The predicted molar refractivity (Wildman–Crippen MR) is 182 cm³/mol. The van der Waals surface area contributed by atoms with Gasteiger partial charge >= 0.3 is 23.9 Å². The number of aromatic amines is 1. The summed E-state index contributed by atoms with van der Waals surface area (Å²) in [6, 6.07) is 11.0. The number of esters is 4. The Balaban J connectivity index is 1.82. The molecule has 50 heavy (non-hydrogen) atoms. The van der Waals surface area contributed by atoms with Crippen molar-refractivity contribution in [2.45, 2.75) is 117 Å². The van der Waals surface area contributed by atoms with Gasteiger partial charge < -0.3 is 33.4 Å². The van der Waals surface area contributed by atoms with Crippen molar-refractivity contribution in [2.24, 2.45) is 0 Å². The molecular weight excluding hydrogens is 648 g/mol. The van der Waals surface area contributed by atoms with Gasteiger partial charge in [0, 0.05) is 20.8 Å². The second-order valence-electron chi connectivity index (χ2n) is 12.3. The van der Waals surface area contributed by atoms with Crippen LogP contribution in [0.25, 0.3) is 22.3 Å². The van der Waals surface area contributed by atoms with Crippen molar-refractivity contribution < 1.29 is 47.6 Å². The molecule has 2 heterocycles. The van der Waals surface area contributed by atoms with E-state index in [0.29, 0.717) is 16.5 Å². The van der Waals surface area contributed by atoms with E-state index >= 15 is 0 Å². The van der Waals surface area contributed by atoms with Crippen molar-refractivity contribution in [3.05, 3.63) is 57.9 Å². The van der Waals surface area contributed by atoms with E-state index in [1.54, 1.807) is 6.07 Å². The molecule has 4 rings (SSSR count). The lowest BCUT2D eigenvalue weighted by Crippen LogP contribution is -2.64. The molecule has 0 amide bonds. The average Bonchev–Trinajstić information content (AvgIpc) is 3.07. The van der Waals surface area contributed by atoms with Gasteiger partial charge in [-0.15, -0.1) is 0 Å². The number of fused-ring (bicyclic) bond motifs is 1. The number of aromatic nitrogens is 2. The van der Waals surface area contributed by atoms with Gasteiger partial charge in [-0.1, -0.05) is 51.7 Å². The second-order valence-corrected chi connectivity index (χ2v) is 12.3. The molecule has 1 N–H and O–H groups in total. The van der Waals surface area contributed by atoms with E-state index in [4.69, 9.17) is 33.4 Å². The second kappa shape index (κ2) is 17.7. The SMILES string of the molecule is CCCCCc1ccc(O[C@@H]2O[C@H](C(=O)OC)[C@@H](OC(C)=O)[C@H](OC(C)=O)[C@H]2OC(C)=O)c(-c2nc3ccc(CCCCC)cc3c(=O)[nH]2)c1. The average molecular weight is 695 g/mol. The Labute approximate surface area is 290 Å². The highest BCUT2D eigenvalue weighted by Crippen LogP contribution is 2.35. The molecule has 1 aliphatic rings. The van der Waals surface area contributed by atoms with Crippen LogP contribution >= 0.6 is 0 Å². The third-order valence-corrected chi connectivity index (χ3v) is 8.28. The van der Waals surface area contributed by atoms with Crippen LogP contribution in [0.5, 0.6) is 5.75 Å². The number of aryl methyl sites for hydroxylation is 2. The zero-order chi connectivity index (χ0) is 36.4. The normalized spacial score (nSPS) is 20.2. The molecule has 0 bridgehead atoms. The van der Waals surface area contributed by atoms with E-state index in [0.717, 1.165) is 90.4 Å². The van der Waals surface area contributed by atoms with Crippen molar-refractivity contribution in [3.63, 3.8) is 0 Å². The first-order valence-corrected chi connectivity index (χ1v) is 17.0.